The van der Waals surface area contributed by atoms with Gasteiger partial charge in [0, 0.05) is 25.1 Å². The summed E-state index contributed by atoms with van der Waals surface area (Å²) in [5.74, 6) is 0.215. The number of carbonyl (C=O) groups excluding carboxylic acids is 1. The van der Waals surface area contributed by atoms with Crippen molar-refractivity contribution in [2.75, 3.05) is 22.7 Å². The lowest BCUT2D eigenvalue weighted by atomic mass is 9.96. The summed E-state index contributed by atoms with van der Waals surface area (Å²) >= 11 is 0. The number of benzene rings is 1. The Morgan fingerprint density at radius 2 is 1.78 bits per heavy atom. The van der Waals surface area contributed by atoms with Gasteiger partial charge in [0.1, 0.15) is 17.9 Å². The molecule has 0 radical (unpaired) electrons. The van der Waals surface area contributed by atoms with Gasteiger partial charge in [0.25, 0.3) is 10.0 Å². The van der Waals surface area contributed by atoms with Gasteiger partial charge < -0.3 is 9.69 Å². The summed E-state index contributed by atoms with van der Waals surface area (Å²) < 4.78 is 70.3. The van der Waals surface area contributed by atoms with E-state index in [0.29, 0.717) is 49.3 Å². The summed E-state index contributed by atoms with van der Waals surface area (Å²) in [6.07, 6.45) is 0.0268. The van der Waals surface area contributed by atoms with Crippen LogP contribution >= 0.6 is 0 Å². The van der Waals surface area contributed by atoms with E-state index in [2.05, 4.69) is 14.7 Å². The van der Waals surface area contributed by atoms with Gasteiger partial charge >= 0.3 is 6.18 Å². The number of hydrogen-bond acceptors (Lipinski definition) is 6. The second-order valence-electron chi connectivity index (χ2n) is 8.79. The number of aromatic nitrogens is 2. The van der Waals surface area contributed by atoms with Crippen molar-refractivity contribution in [1.82, 2.24) is 9.97 Å². The van der Waals surface area contributed by atoms with E-state index < -0.39 is 21.8 Å². The number of hydrogen-bond donors (Lipinski definition) is 1. The van der Waals surface area contributed by atoms with E-state index >= 15 is 0 Å². The number of unbranched alkanes of at least 4 members (excludes halogenated alkanes) is 1. The Labute approximate surface area is 213 Å². The van der Waals surface area contributed by atoms with Crippen LogP contribution in [0.5, 0.6) is 0 Å². The van der Waals surface area contributed by atoms with Gasteiger partial charge in [-0.25, -0.2) is 9.97 Å². The minimum absolute atomic E-state index is 0.236. The number of rotatable bonds is 4. The van der Waals surface area contributed by atoms with Gasteiger partial charge in [-0.3, -0.25) is 4.72 Å². The van der Waals surface area contributed by atoms with Crippen LogP contribution in [0.1, 0.15) is 43.2 Å². The third-order valence-corrected chi connectivity index (χ3v) is 7.40. The highest BCUT2D eigenvalue weighted by atomic mass is 32.2. The fourth-order valence-electron chi connectivity index (χ4n) is 4.34. The van der Waals surface area contributed by atoms with Gasteiger partial charge in [-0.2, -0.15) is 21.6 Å². The van der Waals surface area contributed by atoms with Crippen LogP contribution in [-0.2, 0) is 27.4 Å². The van der Waals surface area contributed by atoms with Gasteiger partial charge in [-0.1, -0.05) is 36.8 Å². The van der Waals surface area contributed by atoms with Crippen molar-refractivity contribution in [3.63, 3.8) is 0 Å². The van der Waals surface area contributed by atoms with Crippen LogP contribution in [0, 0.1) is 0 Å². The number of sulfonamides is 1. The molecule has 3 heterocycles. The van der Waals surface area contributed by atoms with Crippen LogP contribution in [0.2, 0.25) is 0 Å². The van der Waals surface area contributed by atoms with E-state index in [0.717, 1.165) is 37.7 Å². The number of carbonyl (C=O) groups is 1. The van der Waals surface area contributed by atoms with Gasteiger partial charge in [0.15, 0.2) is 5.03 Å². The first-order chi connectivity index (χ1) is 17.7. The highest BCUT2D eigenvalue weighted by Crippen LogP contribution is 2.38. The Hall–Kier alpha value is -3.47. The molecule has 1 aliphatic rings. The molecule has 37 heavy (non-hydrogen) atoms. The molecule has 1 aromatic carbocycles. The average molecular weight is 533 g/mol. The standard InChI is InChI=1S/C26H27F3N4O3S/c27-26(28,29)21-14-15-22-30-25(21)20-11-4-3-10-19(20)9-2-1-5-16-33(17-6-7-18-34)23-12-8-13-24(31-23)37(35,36)32-22/h3-4,8,10-15,18H,1-2,5-7,9,16-17H2,(H,30,32). The molecule has 4 rings (SSSR count). The topological polar surface area (TPSA) is 92.3 Å². The monoisotopic (exact) mass is 532 g/mol. The fraction of sp³-hybridized carbons (Fsp3) is 0.346. The van der Waals surface area contributed by atoms with Crippen molar-refractivity contribution in [3.8, 4) is 11.3 Å². The smallest absolute Gasteiger partial charge is 0.357 e. The van der Waals surface area contributed by atoms with E-state index in [1.165, 1.54) is 6.07 Å². The summed E-state index contributed by atoms with van der Waals surface area (Å²) in [6, 6.07) is 13.2. The van der Waals surface area contributed by atoms with Crippen LogP contribution in [0.3, 0.4) is 0 Å². The first kappa shape index (κ1) is 26.6. The average Bonchev–Trinajstić information content (AvgIpc) is 2.86. The quantitative estimate of drug-likeness (QED) is 0.354. The molecule has 1 aliphatic heterocycles. The number of nitrogens with zero attached hydrogens (tertiary/aromatic N) is 3. The maximum atomic E-state index is 13.9. The summed E-state index contributed by atoms with van der Waals surface area (Å²) in [7, 11) is -4.25. The zero-order valence-electron chi connectivity index (χ0n) is 20.0. The number of anilines is 2. The first-order valence-corrected chi connectivity index (χ1v) is 13.5. The molecule has 0 amide bonds. The molecule has 0 aliphatic carbocycles. The SMILES string of the molecule is O=CCCCN1CCCCCc2ccccc2-c2nc(ccc2C(F)(F)F)NS(=O)(=O)c2cccc1n2. The molecule has 0 saturated heterocycles. The van der Waals surface area contributed by atoms with Crippen molar-refractivity contribution in [3.05, 3.63) is 65.7 Å². The number of nitrogens with one attached hydrogen (secondary N) is 1. The number of aldehydes is 1. The minimum Gasteiger partial charge on any atom is -0.357 e. The van der Waals surface area contributed by atoms with Crippen molar-refractivity contribution in [2.45, 2.75) is 49.7 Å². The Kier molecular flexibility index (Phi) is 8.11. The van der Waals surface area contributed by atoms with Crippen molar-refractivity contribution < 1.29 is 26.4 Å². The molecular formula is C26H27F3N4O3S. The zero-order valence-corrected chi connectivity index (χ0v) is 20.9. The predicted octanol–water partition coefficient (Wildman–Crippen LogP) is 5.48. The molecule has 0 saturated carbocycles. The Balaban J connectivity index is 1.80. The molecule has 2 aromatic heterocycles. The lowest BCUT2D eigenvalue weighted by Crippen LogP contribution is -2.27. The van der Waals surface area contributed by atoms with Crippen molar-refractivity contribution in [1.29, 1.82) is 0 Å². The maximum Gasteiger partial charge on any atom is 0.418 e. The van der Waals surface area contributed by atoms with E-state index in [1.807, 2.05) is 4.90 Å². The fourth-order valence-corrected chi connectivity index (χ4v) is 5.31. The molecular weight excluding hydrogens is 505 g/mol. The highest BCUT2D eigenvalue weighted by molar-refractivity contribution is 7.92. The molecule has 1 N–H and O–H groups in total. The third kappa shape index (κ3) is 6.46. The zero-order chi connectivity index (χ0) is 26.5. The van der Waals surface area contributed by atoms with Crippen LogP contribution in [0.4, 0.5) is 24.8 Å². The summed E-state index contributed by atoms with van der Waals surface area (Å²) in [6.45, 7) is 1.14. The Morgan fingerprint density at radius 1 is 0.973 bits per heavy atom. The largest absolute Gasteiger partial charge is 0.418 e. The molecule has 0 unspecified atom stereocenters. The third-order valence-electron chi connectivity index (χ3n) is 6.14. The van der Waals surface area contributed by atoms with E-state index in [1.54, 1.807) is 36.4 Å². The second kappa shape index (κ2) is 11.3. The Bertz CT molecular complexity index is 1360. The maximum absolute atomic E-state index is 13.9. The first-order valence-electron chi connectivity index (χ1n) is 12.0. The van der Waals surface area contributed by atoms with E-state index in [9.17, 15) is 26.4 Å². The van der Waals surface area contributed by atoms with E-state index in [4.69, 9.17) is 0 Å². The lowest BCUT2D eigenvalue weighted by molar-refractivity contribution is -0.137. The molecule has 0 atom stereocenters. The summed E-state index contributed by atoms with van der Waals surface area (Å²) in [4.78, 5) is 21.2. The van der Waals surface area contributed by atoms with Crippen molar-refractivity contribution >= 4 is 27.9 Å². The minimum atomic E-state index is -4.67. The van der Waals surface area contributed by atoms with Crippen LogP contribution in [0.25, 0.3) is 11.3 Å². The van der Waals surface area contributed by atoms with E-state index in [-0.39, 0.29) is 16.5 Å². The van der Waals surface area contributed by atoms with Gasteiger partial charge in [0.2, 0.25) is 0 Å². The van der Waals surface area contributed by atoms with Gasteiger partial charge in [-0.15, -0.1) is 0 Å². The van der Waals surface area contributed by atoms with Gasteiger partial charge in [0.05, 0.1) is 11.3 Å². The normalized spacial score (nSPS) is 15.9. The molecule has 3 aromatic rings. The molecule has 0 spiro atoms. The number of pyridine rings is 2. The number of alkyl halides is 3. The molecule has 0 fully saturated rings. The van der Waals surface area contributed by atoms with Gasteiger partial charge in [-0.05, 0) is 55.5 Å². The summed E-state index contributed by atoms with van der Waals surface area (Å²) in [5.41, 5.74) is -0.227. The molecule has 196 valence electrons. The second-order valence-corrected chi connectivity index (χ2v) is 10.4. The number of fused-ring (bicyclic) bond motifs is 6. The van der Waals surface area contributed by atoms with Crippen LogP contribution in [0.15, 0.2) is 59.6 Å². The molecule has 11 heteroatoms. The molecule has 7 nitrogen and oxygen atoms in total. The highest BCUT2D eigenvalue weighted by Gasteiger charge is 2.35. The van der Waals surface area contributed by atoms with Crippen LogP contribution < -0.4 is 9.62 Å². The number of aryl methyl sites for hydroxylation is 1. The number of halogens is 3. The Morgan fingerprint density at radius 3 is 2.57 bits per heavy atom. The molecule has 4 bridgehead atoms. The lowest BCUT2D eigenvalue weighted by Gasteiger charge is -2.24. The summed E-state index contributed by atoms with van der Waals surface area (Å²) in [5, 5.41) is -0.277. The predicted molar refractivity (Wildman–Crippen MR) is 135 cm³/mol. The van der Waals surface area contributed by atoms with Crippen molar-refractivity contribution in [2.24, 2.45) is 0 Å². The van der Waals surface area contributed by atoms with Crippen LogP contribution in [-0.4, -0.2) is 37.8 Å².